The van der Waals surface area contributed by atoms with Gasteiger partial charge in [-0.05, 0) is 30.0 Å². The predicted molar refractivity (Wildman–Crippen MR) is 138 cm³/mol. The van der Waals surface area contributed by atoms with Gasteiger partial charge in [0.05, 0.1) is 10.6 Å². The summed E-state index contributed by atoms with van der Waals surface area (Å²) in [5.74, 6) is -0.879. The third-order valence-electron chi connectivity index (χ3n) is 7.31. The number of hydrogen-bond donors (Lipinski definition) is 1. The molecule has 0 saturated carbocycles. The van der Waals surface area contributed by atoms with Crippen molar-refractivity contribution in [2.75, 3.05) is 25.0 Å². The van der Waals surface area contributed by atoms with Crippen LogP contribution < -0.4 is 5.32 Å². The van der Waals surface area contributed by atoms with Gasteiger partial charge in [-0.15, -0.1) is 11.8 Å². The molecule has 3 aliphatic rings. The molecule has 38 heavy (non-hydrogen) atoms. The minimum atomic E-state index is -4.52. The summed E-state index contributed by atoms with van der Waals surface area (Å²) in [4.78, 5) is 43.0. The van der Waals surface area contributed by atoms with Crippen LogP contribution in [0.15, 0.2) is 54.6 Å². The van der Waals surface area contributed by atoms with Crippen molar-refractivity contribution < 1.29 is 27.6 Å². The van der Waals surface area contributed by atoms with E-state index in [1.807, 2.05) is 54.6 Å². The molecule has 2 saturated heterocycles. The highest BCUT2D eigenvalue weighted by atomic mass is 32.2. The smallest absolute Gasteiger partial charge is 0.342 e. The van der Waals surface area contributed by atoms with Crippen molar-refractivity contribution in [2.24, 2.45) is 0 Å². The van der Waals surface area contributed by atoms with Crippen LogP contribution in [-0.4, -0.2) is 75.0 Å². The molecule has 0 aromatic heterocycles. The van der Waals surface area contributed by atoms with Gasteiger partial charge < -0.3 is 20.0 Å². The number of thioether (sulfide) groups is 1. The number of anilines is 1. The number of nitrogens with one attached hydrogen (secondary N) is 1. The summed E-state index contributed by atoms with van der Waals surface area (Å²) in [5.41, 5.74) is 2.68. The topological polar surface area (TPSA) is 73.0 Å². The molecule has 5 rings (SSSR count). The molecular formula is C27H29F3N4O3S. The van der Waals surface area contributed by atoms with Crippen LogP contribution in [-0.2, 0) is 22.6 Å². The lowest BCUT2D eigenvalue weighted by Gasteiger charge is -2.40. The molecule has 0 bridgehead atoms. The fourth-order valence-corrected chi connectivity index (χ4v) is 6.85. The van der Waals surface area contributed by atoms with Crippen LogP contribution in [0.4, 0.5) is 23.7 Å². The Labute approximate surface area is 223 Å². The number of rotatable bonds is 6. The van der Waals surface area contributed by atoms with E-state index in [0.29, 0.717) is 32.5 Å². The zero-order chi connectivity index (χ0) is 26.9. The summed E-state index contributed by atoms with van der Waals surface area (Å²) < 4.78 is 39.8. The van der Waals surface area contributed by atoms with Crippen LogP contribution in [0.2, 0.25) is 0 Å². The quantitative estimate of drug-likeness (QED) is 0.580. The molecule has 0 spiro atoms. The van der Waals surface area contributed by atoms with Crippen LogP contribution in [0.1, 0.15) is 30.4 Å². The molecule has 2 aromatic carbocycles. The predicted octanol–water partition coefficient (Wildman–Crippen LogP) is 4.49. The van der Waals surface area contributed by atoms with Crippen LogP contribution in [0, 0.1) is 0 Å². The van der Waals surface area contributed by atoms with Gasteiger partial charge in [0.1, 0.15) is 6.54 Å². The molecule has 11 heteroatoms. The van der Waals surface area contributed by atoms with E-state index >= 15 is 0 Å². The molecule has 3 aliphatic heterocycles. The number of piperidine rings is 1. The highest BCUT2D eigenvalue weighted by Gasteiger charge is 2.46. The maximum atomic E-state index is 13.3. The summed E-state index contributed by atoms with van der Waals surface area (Å²) in [6, 6.07) is 16.5. The third-order valence-corrected chi connectivity index (χ3v) is 8.74. The molecule has 4 amide bonds. The van der Waals surface area contributed by atoms with E-state index in [9.17, 15) is 27.6 Å². The second kappa shape index (κ2) is 10.9. The van der Waals surface area contributed by atoms with Gasteiger partial charge in [-0.25, -0.2) is 4.79 Å². The Morgan fingerprint density at radius 3 is 2.39 bits per heavy atom. The summed E-state index contributed by atoms with van der Waals surface area (Å²) in [6.45, 7) is 0.0412. The molecular weight excluding hydrogens is 517 g/mol. The number of carbonyl (C=O) groups is 3. The maximum absolute atomic E-state index is 13.3. The first-order valence-electron chi connectivity index (χ1n) is 12.7. The fraction of sp³-hybridized carbons (Fsp3) is 0.444. The second-order valence-electron chi connectivity index (χ2n) is 9.88. The number of fused-ring (bicyclic) bond motifs is 1. The van der Waals surface area contributed by atoms with Crippen molar-refractivity contribution in [1.29, 1.82) is 0 Å². The van der Waals surface area contributed by atoms with Crippen molar-refractivity contribution in [2.45, 2.75) is 55.1 Å². The normalized spacial score (nSPS) is 22.4. The van der Waals surface area contributed by atoms with Crippen LogP contribution >= 0.6 is 11.8 Å². The molecule has 2 unspecified atom stereocenters. The largest absolute Gasteiger partial charge is 0.406 e. The Hall–Kier alpha value is -3.21. The standard InChI is InChI=1S/C27H29F3N4O3S/c28-27(29,30)17-34-24(14-18-6-2-1-3-7-18)38-22(25(34)36)15-23(35)32-12-10-20(11-13-32)33-16-19-8-4-5-9-21(19)31-26(33)37/h1-9,20,22,24H,10-17H2,(H,31,37). The van der Waals surface area contributed by atoms with Gasteiger partial charge in [-0.3, -0.25) is 9.59 Å². The highest BCUT2D eigenvalue weighted by molar-refractivity contribution is 8.01. The minimum absolute atomic E-state index is 0.0209. The average Bonchev–Trinajstić information content (AvgIpc) is 3.16. The Bertz CT molecular complexity index is 1190. The number of para-hydroxylation sites is 1. The molecule has 0 aliphatic carbocycles. The Morgan fingerprint density at radius 2 is 1.68 bits per heavy atom. The van der Waals surface area contributed by atoms with Gasteiger partial charge in [0.2, 0.25) is 11.8 Å². The number of benzene rings is 2. The fourth-order valence-electron chi connectivity index (χ4n) is 5.36. The lowest BCUT2D eigenvalue weighted by molar-refractivity contribution is -0.161. The number of amides is 4. The molecule has 3 heterocycles. The summed E-state index contributed by atoms with van der Waals surface area (Å²) in [6.07, 6.45) is -3.17. The van der Waals surface area contributed by atoms with Gasteiger partial charge in [0, 0.05) is 44.2 Å². The van der Waals surface area contributed by atoms with Crippen molar-refractivity contribution in [3.8, 4) is 0 Å². The first-order chi connectivity index (χ1) is 18.2. The lowest BCUT2D eigenvalue weighted by Crippen LogP contribution is -2.51. The van der Waals surface area contributed by atoms with Gasteiger partial charge in [0.25, 0.3) is 0 Å². The van der Waals surface area contributed by atoms with E-state index in [1.165, 1.54) is 0 Å². The monoisotopic (exact) mass is 546 g/mol. The maximum Gasteiger partial charge on any atom is 0.406 e. The van der Waals surface area contributed by atoms with Crippen molar-refractivity contribution in [3.63, 3.8) is 0 Å². The van der Waals surface area contributed by atoms with Crippen LogP contribution in [0.3, 0.4) is 0 Å². The number of carbonyl (C=O) groups excluding carboxylic acids is 3. The summed E-state index contributed by atoms with van der Waals surface area (Å²) in [7, 11) is 0. The van der Waals surface area contributed by atoms with E-state index in [4.69, 9.17) is 0 Å². The summed E-state index contributed by atoms with van der Waals surface area (Å²) in [5, 5.41) is 1.39. The molecule has 0 radical (unpaired) electrons. The van der Waals surface area contributed by atoms with Crippen molar-refractivity contribution in [1.82, 2.24) is 14.7 Å². The van der Waals surface area contributed by atoms with E-state index in [0.717, 1.165) is 33.5 Å². The molecule has 202 valence electrons. The number of alkyl halides is 3. The minimum Gasteiger partial charge on any atom is -0.342 e. The second-order valence-corrected chi connectivity index (χ2v) is 11.3. The molecule has 7 nitrogen and oxygen atoms in total. The SMILES string of the molecule is O=C(CC1SC(Cc2ccccc2)N(CC(F)(F)F)C1=O)N1CCC(N2Cc3ccccc3NC2=O)CC1. The number of nitrogens with zero attached hydrogens (tertiary/aromatic N) is 3. The molecule has 1 N–H and O–H groups in total. The lowest BCUT2D eigenvalue weighted by atomic mass is 10.0. The van der Waals surface area contributed by atoms with Gasteiger partial charge in [-0.2, -0.15) is 13.2 Å². The highest BCUT2D eigenvalue weighted by Crippen LogP contribution is 2.38. The Kier molecular flexibility index (Phi) is 7.56. The first kappa shape index (κ1) is 26.4. The molecule has 2 fully saturated rings. The van der Waals surface area contributed by atoms with E-state index in [2.05, 4.69) is 5.32 Å². The average molecular weight is 547 g/mol. The zero-order valence-electron chi connectivity index (χ0n) is 20.7. The Balaban J connectivity index is 1.18. The van der Waals surface area contributed by atoms with Gasteiger partial charge in [0.15, 0.2) is 0 Å². The number of urea groups is 1. The first-order valence-corrected chi connectivity index (χ1v) is 13.6. The van der Waals surface area contributed by atoms with E-state index in [-0.39, 0.29) is 30.8 Å². The molecule has 2 atom stereocenters. The van der Waals surface area contributed by atoms with Gasteiger partial charge >= 0.3 is 12.2 Å². The van der Waals surface area contributed by atoms with E-state index < -0.39 is 29.3 Å². The Morgan fingerprint density at radius 1 is 1.00 bits per heavy atom. The summed E-state index contributed by atoms with van der Waals surface area (Å²) >= 11 is 1.14. The van der Waals surface area contributed by atoms with E-state index in [1.54, 1.807) is 9.80 Å². The molecule has 2 aromatic rings. The number of halogens is 3. The number of hydrogen-bond acceptors (Lipinski definition) is 4. The van der Waals surface area contributed by atoms with Crippen LogP contribution in [0.25, 0.3) is 0 Å². The van der Waals surface area contributed by atoms with Crippen molar-refractivity contribution >= 4 is 35.3 Å². The van der Waals surface area contributed by atoms with Crippen molar-refractivity contribution in [3.05, 3.63) is 65.7 Å². The van der Waals surface area contributed by atoms with Gasteiger partial charge in [-0.1, -0.05) is 48.5 Å². The third kappa shape index (κ3) is 5.92. The zero-order valence-corrected chi connectivity index (χ0v) is 21.5. The number of likely N-dealkylation sites (tertiary alicyclic amines) is 1. The van der Waals surface area contributed by atoms with Crippen LogP contribution in [0.5, 0.6) is 0 Å².